The quantitative estimate of drug-likeness (QED) is 0.164. The van der Waals surface area contributed by atoms with E-state index in [0.29, 0.717) is 28.8 Å². The standard InChI is InChI=1S/C55H34N2O2/c1-4-15-36(16-5-1)54-56-47(38-26-28-43-37(32-38)25-24-35-14-10-11-21-42(35)43)34-48(57-54)39-27-30-49-51(33-39)59-53-50(58-49)31-29-46-52(53)44-22-12-13-23-45(44)55(46,40-17-6-2-7-18-40)41-19-8-3-9-20-41/h1-34H. The Balaban J connectivity index is 0.999. The molecule has 2 heterocycles. The lowest BCUT2D eigenvalue weighted by Crippen LogP contribution is -2.28. The Kier molecular flexibility index (Phi) is 7.41. The second-order valence-electron chi connectivity index (χ2n) is 15.3. The molecule has 0 radical (unpaired) electrons. The third kappa shape index (κ3) is 5.16. The van der Waals surface area contributed by atoms with Crippen LogP contribution in [0, 0.1) is 0 Å². The Hall–Kier alpha value is -7.82. The van der Waals surface area contributed by atoms with Crippen molar-refractivity contribution in [3.63, 3.8) is 0 Å². The number of hydrogen-bond donors (Lipinski definition) is 0. The molecule has 1 aliphatic carbocycles. The third-order valence-corrected chi connectivity index (χ3v) is 12.0. The average Bonchev–Trinajstić information content (AvgIpc) is 3.62. The number of ether oxygens (including phenoxy) is 2. The highest BCUT2D eigenvalue weighted by atomic mass is 16.6. The van der Waals surface area contributed by atoms with Crippen LogP contribution in [0.25, 0.3) is 66.6 Å². The van der Waals surface area contributed by atoms with Crippen LogP contribution in [0.4, 0.5) is 0 Å². The van der Waals surface area contributed by atoms with Crippen LogP contribution in [0.1, 0.15) is 22.3 Å². The zero-order valence-electron chi connectivity index (χ0n) is 31.8. The molecule has 1 aromatic heterocycles. The van der Waals surface area contributed by atoms with Crippen LogP contribution in [-0.4, -0.2) is 9.97 Å². The van der Waals surface area contributed by atoms with Gasteiger partial charge < -0.3 is 9.47 Å². The van der Waals surface area contributed by atoms with E-state index in [1.165, 1.54) is 38.2 Å². The first-order valence-corrected chi connectivity index (χ1v) is 20.0. The Bertz CT molecular complexity index is 3230. The summed E-state index contributed by atoms with van der Waals surface area (Å²) in [5, 5.41) is 4.85. The Morgan fingerprint density at radius 2 is 0.983 bits per heavy atom. The molecule has 0 N–H and O–H groups in total. The summed E-state index contributed by atoms with van der Waals surface area (Å²) in [5.74, 6) is 3.35. The minimum Gasteiger partial charge on any atom is -0.449 e. The molecule has 0 unspecified atom stereocenters. The molecule has 0 atom stereocenters. The summed E-state index contributed by atoms with van der Waals surface area (Å²) in [6, 6.07) is 72.4. The molecule has 12 rings (SSSR count). The lowest BCUT2D eigenvalue weighted by atomic mass is 9.68. The topological polar surface area (TPSA) is 44.2 Å². The van der Waals surface area contributed by atoms with Gasteiger partial charge in [0, 0.05) is 22.3 Å². The molecule has 0 fully saturated rings. The van der Waals surface area contributed by atoms with E-state index in [9.17, 15) is 0 Å². The molecule has 0 bridgehead atoms. The molecule has 1 aliphatic heterocycles. The number of aromatic nitrogens is 2. The van der Waals surface area contributed by atoms with E-state index in [1.54, 1.807) is 0 Å². The summed E-state index contributed by atoms with van der Waals surface area (Å²) in [6.45, 7) is 0. The van der Waals surface area contributed by atoms with Crippen LogP contribution in [0.15, 0.2) is 206 Å². The Morgan fingerprint density at radius 3 is 1.76 bits per heavy atom. The van der Waals surface area contributed by atoms with Gasteiger partial charge in [0.25, 0.3) is 0 Å². The maximum atomic E-state index is 7.05. The van der Waals surface area contributed by atoms with E-state index >= 15 is 0 Å². The van der Waals surface area contributed by atoms with E-state index in [-0.39, 0.29) is 0 Å². The van der Waals surface area contributed by atoms with E-state index in [4.69, 9.17) is 19.4 Å². The zero-order valence-corrected chi connectivity index (χ0v) is 31.8. The fourth-order valence-electron chi connectivity index (χ4n) is 9.35. The van der Waals surface area contributed by atoms with Gasteiger partial charge in [-0.25, -0.2) is 9.97 Å². The van der Waals surface area contributed by atoms with Crippen LogP contribution in [0.2, 0.25) is 0 Å². The first kappa shape index (κ1) is 33.3. The lowest BCUT2D eigenvalue weighted by molar-refractivity contribution is 0.360. The van der Waals surface area contributed by atoms with Crippen molar-refractivity contribution in [3.8, 4) is 68.0 Å². The zero-order chi connectivity index (χ0) is 38.9. The number of nitrogens with zero attached hydrogens (tertiary/aromatic N) is 2. The van der Waals surface area contributed by atoms with Gasteiger partial charge in [0.1, 0.15) is 0 Å². The first-order valence-electron chi connectivity index (χ1n) is 20.0. The van der Waals surface area contributed by atoms with Gasteiger partial charge in [-0.2, -0.15) is 0 Å². The second kappa shape index (κ2) is 13.1. The summed E-state index contributed by atoms with van der Waals surface area (Å²) in [4.78, 5) is 10.3. The molecule has 4 heteroatoms. The molecule has 276 valence electrons. The maximum absolute atomic E-state index is 7.05. The molecule has 59 heavy (non-hydrogen) atoms. The Morgan fingerprint density at radius 1 is 0.373 bits per heavy atom. The van der Waals surface area contributed by atoms with E-state index in [2.05, 4.69) is 176 Å². The molecule has 9 aromatic carbocycles. The van der Waals surface area contributed by atoms with Crippen molar-refractivity contribution in [1.82, 2.24) is 9.97 Å². The van der Waals surface area contributed by atoms with Crippen LogP contribution >= 0.6 is 0 Å². The highest BCUT2D eigenvalue weighted by Gasteiger charge is 2.48. The predicted octanol–water partition coefficient (Wildman–Crippen LogP) is 14.0. The summed E-state index contributed by atoms with van der Waals surface area (Å²) in [6.07, 6.45) is 0. The maximum Gasteiger partial charge on any atom is 0.178 e. The van der Waals surface area contributed by atoms with Crippen molar-refractivity contribution < 1.29 is 9.47 Å². The fourth-order valence-corrected chi connectivity index (χ4v) is 9.35. The SMILES string of the molecule is c1ccc(-c2nc(-c3ccc4c(c3)Oc3c(ccc5c3-c3ccccc3C5(c3ccccc3)c3ccccc3)O4)cc(-c3ccc4c(ccc5ccccc54)c3)n2)cc1. The fraction of sp³-hybridized carbons (Fsp3) is 0.0182. The van der Waals surface area contributed by atoms with Gasteiger partial charge in [-0.05, 0) is 85.8 Å². The molecule has 2 aliphatic rings. The minimum absolute atomic E-state index is 0.546. The number of fused-ring (bicyclic) bond motifs is 9. The van der Waals surface area contributed by atoms with Crippen LogP contribution in [0.5, 0.6) is 23.0 Å². The number of rotatable bonds is 5. The summed E-state index contributed by atoms with van der Waals surface area (Å²) >= 11 is 0. The summed E-state index contributed by atoms with van der Waals surface area (Å²) in [5.41, 5.74) is 10.9. The highest BCUT2D eigenvalue weighted by Crippen LogP contribution is 2.62. The van der Waals surface area contributed by atoms with Gasteiger partial charge in [-0.1, -0.05) is 170 Å². The third-order valence-electron chi connectivity index (χ3n) is 12.0. The van der Waals surface area contributed by atoms with Gasteiger partial charge in [0.05, 0.1) is 16.8 Å². The van der Waals surface area contributed by atoms with Crippen molar-refractivity contribution in [2.75, 3.05) is 0 Å². The minimum atomic E-state index is -0.546. The second-order valence-corrected chi connectivity index (χ2v) is 15.3. The van der Waals surface area contributed by atoms with Gasteiger partial charge in [0.2, 0.25) is 0 Å². The molecular formula is C55H34N2O2. The van der Waals surface area contributed by atoms with Gasteiger partial charge in [-0.3, -0.25) is 0 Å². The smallest absolute Gasteiger partial charge is 0.178 e. The van der Waals surface area contributed by atoms with Crippen LogP contribution in [0.3, 0.4) is 0 Å². The van der Waals surface area contributed by atoms with Crippen molar-refractivity contribution in [3.05, 3.63) is 229 Å². The van der Waals surface area contributed by atoms with Crippen molar-refractivity contribution in [2.45, 2.75) is 5.41 Å². The van der Waals surface area contributed by atoms with Crippen LogP contribution in [-0.2, 0) is 5.41 Å². The molecule has 0 spiro atoms. The molecule has 0 saturated heterocycles. The monoisotopic (exact) mass is 754 g/mol. The van der Waals surface area contributed by atoms with Gasteiger partial charge in [0.15, 0.2) is 28.8 Å². The van der Waals surface area contributed by atoms with Crippen molar-refractivity contribution in [1.29, 1.82) is 0 Å². The van der Waals surface area contributed by atoms with Gasteiger partial charge in [-0.15, -0.1) is 0 Å². The molecule has 0 amide bonds. The lowest BCUT2D eigenvalue weighted by Gasteiger charge is -2.34. The van der Waals surface area contributed by atoms with Gasteiger partial charge >= 0.3 is 0 Å². The summed E-state index contributed by atoms with van der Waals surface area (Å²) in [7, 11) is 0. The normalized spacial score (nSPS) is 13.2. The van der Waals surface area contributed by atoms with E-state index in [1.807, 2.05) is 30.3 Å². The molecule has 4 nitrogen and oxygen atoms in total. The van der Waals surface area contributed by atoms with Crippen molar-refractivity contribution in [2.24, 2.45) is 0 Å². The number of benzene rings is 9. The number of hydrogen-bond acceptors (Lipinski definition) is 4. The molecular weight excluding hydrogens is 721 g/mol. The van der Waals surface area contributed by atoms with E-state index in [0.717, 1.165) is 44.8 Å². The predicted molar refractivity (Wildman–Crippen MR) is 237 cm³/mol. The highest BCUT2D eigenvalue weighted by molar-refractivity contribution is 6.08. The molecule has 0 saturated carbocycles. The largest absolute Gasteiger partial charge is 0.449 e. The van der Waals surface area contributed by atoms with Crippen molar-refractivity contribution >= 4 is 21.5 Å². The average molecular weight is 755 g/mol. The Labute approximate surface area is 341 Å². The van der Waals surface area contributed by atoms with E-state index < -0.39 is 5.41 Å². The first-order chi connectivity index (χ1) is 29.2. The molecule has 10 aromatic rings. The van der Waals surface area contributed by atoms with Crippen LogP contribution < -0.4 is 9.47 Å². The summed E-state index contributed by atoms with van der Waals surface area (Å²) < 4.78 is 13.7.